The van der Waals surface area contributed by atoms with E-state index < -0.39 is 0 Å². The van der Waals surface area contributed by atoms with Gasteiger partial charge in [-0.3, -0.25) is 14.6 Å². The van der Waals surface area contributed by atoms with E-state index in [0.717, 1.165) is 17.7 Å². The minimum Gasteiger partial charge on any atom is -0.484 e. The predicted octanol–water partition coefficient (Wildman–Crippen LogP) is 3.63. The summed E-state index contributed by atoms with van der Waals surface area (Å²) in [6, 6.07) is 10.6. The van der Waals surface area contributed by atoms with E-state index in [1.165, 1.54) is 0 Å². The largest absolute Gasteiger partial charge is 0.484 e. The molecule has 1 N–H and O–H groups in total. The smallest absolute Gasteiger partial charge is 0.258 e. The lowest BCUT2D eigenvalue weighted by atomic mass is 10.1. The topological polar surface area (TPSA) is 68.3 Å². The van der Waals surface area contributed by atoms with Crippen molar-refractivity contribution in [2.45, 2.75) is 39.7 Å². The lowest BCUT2D eigenvalue weighted by Gasteiger charge is -2.17. The summed E-state index contributed by atoms with van der Waals surface area (Å²) in [7, 11) is 0. The molecule has 1 aromatic carbocycles. The van der Waals surface area contributed by atoms with Crippen molar-refractivity contribution in [3.05, 3.63) is 59.4 Å². The summed E-state index contributed by atoms with van der Waals surface area (Å²) >= 11 is 0. The Labute approximate surface area is 148 Å². The quantitative estimate of drug-likeness (QED) is 0.745. The normalized spacial score (nSPS) is 11.6. The minimum atomic E-state index is -0.205. The summed E-state index contributed by atoms with van der Waals surface area (Å²) in [6.07, 6.45) is 2.96. The standard InChI is InChI=1S/C20H24N2O3/c1-4-17(18-12-14(3)10-11-21-18)22-20(24)13-25-16-8-6-15(7-9-16)19(23)5-2/h6-12,17H,4-5,13H2,1-3H3,(H,22,24). The van der Waals surface area contributed by atoms with E-state index in [-0.39, 0.29) is 24.3 Å². The van der Waals surface area contributed by atoms with Crippen molar-refractivity contribution >= 4 is 11.7 Å². The summed E-state index contributed by atoms with van der Waals surface area (Å²) in [4.78, 5) is 28.1. The highest BCUT2D eigenvalue weighted by Crippen LogP contribution is 2.16. The van der Waals surface area contributed by atoms with Gasteiger partial charge in [0.1, 0.15) is 5.75 Å². The number of carbonyl (C=O) groups excluding carboxylic acids is 2. The van der Waals surface area contributed by atoms with Gasteiger partial charge in [0.25, 0.3) is 5.91 Å². The fraction of sp³-hybridized carbons (Fsp3) is 0.350. The van der Waals surface area contributed by atoms with Gasteiger partial charge in [-0.25, -0.2) is 0 Å². The van der Waals surface area contributed by atoms with Gasteiger partial charge in [0, 0.05) is 18.2 Å². The first-order chi connectivity index (χ1) is 12.0. The van der Waals surface area contributed by atoms with Gasteiger partial charge >= 0.3 is 0 Å². The van der Waals surface area contributed by atoms with Crippen molar-refractivity contribution in [1.29, 1.82) is 0 Å². The van der Waals surface area contributed by atoms with Crippen LogP contribution in [0.25, 0.3) is 0 Å². The number of ketones is 1. The molecule has 1 amide bonds. The van der Waals surface area contributed by atoms with Crippen LogP contribution in [0.4, 0.5) is 0 Å². The Morgan fingerprint density at radius 2 is 1.88 bits per heavy atom. The van der Waals surface area contributed by atoms with Crippen LogP contribution >= 0.6 is 0 Å². The van der Waals surface area contributed by atoms with Crippen LogP contribution in [0.1, 0.15) is 54.3 Å². The van der Waals surface area contributed by atoms with Crippen molar-refractivity contribution in [1.82, 2.24) is 10.3 Å². The molecule has 5 nitrogen and oxygen atoms in total. The molecule has 0 bridgehead atoms. The highest BCUT2D eigenvalue weighted by atomic mass is 16.5. The Balaban J connectivity index is 1.90. The summed E-state index contributed by atoms with van der Waals surface area (Å²) in [5.74, 6) is 0.439. The number of nitrogens with one attached hydrogen (secondary N) is 1. The van der Waals surface area contributed by atoms with Crippen LogP contribution in [0, 0.1) is 6.92 Å². The van der Waals surface area contributed by atoms with Gasteiger partial charge in [-0.15, -0.1) is 0 Å². The molecule has 0 radical (unpaired) electrons. The second kappa shape index (κ2) is 8.97. The van der Waals surface area contributed by atoms with Crippen LogP contribution in [-0.2, 0) is 4.79 Å². The molecule has 1 atom stereocenters. The van der Waals surface area contributed by atoms with E-state index in [4.69, 9.17) is 4.74 Å². The number of aryl methyl sites for hydroxylation is 1. The average Bonchev–Trinajstić information content (AvgIpc) is 2.64. The van der Waals surface area contributed by atoms with Gasteiger partial charge in [-0.1, -0.05) is 13.8 Å². The molecule has 0 spiro atoms. The van der Waals surface area contributed by atoms with E-state index in [0.29, 0.717) is 17.7 Å². The maximum absolute atomic E-state index is 12.1. The first-order valence-corrected chi connectivity index (χ1v) is 8.51. The number of carbonyl (C=O) groups is 2. The maximum atomic E-state index is 12.1. The molecule has 0 aliphatic carbocycles. The van der Waals surface area contributed by atoms with Gasteiger partial charge in [0.2, 0.25) is 0 Å². The molecule has 132 valence electrons. The highest BCUT2D eigenvalue weighted by Gasteiger charge is 2.14. The fourth-order valence-electron chi connectivity index (χ4n) is 2.46. The number of amides is 1. The minimum absolute atomic E-state index is 0.0800. The molecule has 2 aromatic rings. The third-order valence-corrected chi connectivity index (χ3v) is 3.90. The molecule has 1 unspecified atom stereocenters. The van der Waals surface area contributed by atoms with Crippen LogP contribution in [0.15, 0.2) is 42.6 Å². The van der Waals surface area contributed by atoms with E-state index in [9.17, 15) is 9.59 Å². The molecule has 0 aliphatic heterocycles. The van der Waals surface area contributed by atoms with E-state index >= 15 is 0 Å². The Morgan fingerprint density at radius 3 is 2.48 bits per heavy atom. The van der Waals surface area contributed by atoms with Crippen molar-refractivity contribution in [3.8, 4) is 5.75 Å². The Morgan fingerprint density at radius 1 is 1.16 bits per heavy atom. The van der Waals surface area contributed by atoms with Gasteiger partial charge in [0.15, 0.2) is 12.4 Å². The van der Waals surface area contributed by atoms with Gasteiger partial charge in [-0.05, 0) is 55.3 Å². The highest BCUT2D eigenvalue weighted by molar-refractivity contribution is 5.95. The Hall–Kier alpha value is -2.69. The lowest BCUT2D eigenvalue weighted by molar-refractivity contribution is -0.123. The maximum Gasteiger partial charge on any atom is 0.258 e. The molecule has 1 heterocycles. The Kier molecular flexibility index (Phi) is 6.69. The summed E-state index contributed by atoms with van der Waals surface area (Å²) < 4.78 is 5.50. The molecule has 0 fully saturated rings. The number of nitrogens with zero attached hydrogens (tertiary/aromatic N) is 1. The van der Waals surface area contributed by atoms with Crippen LogP contribution in [-0.4, -0.2) is 23.3 Å². The number of benzene rings is 1. The first kappa shape index (κ1) is 18.6. The molecule has 0 saturated heterocycles. The van der Waals surface area contributed by atoms with Crippen LogP contribution in [0.5, 0.6) is 5.75 Å². The number of hydrogen-bond acceptors (Lipinski definition) is 4. The van der Waals surface area contributed by atoms with E-state index in [2.05, 4.69) is 10.3 Å². The summed E-state index contributed by atoms with van der Waals surface area (Å²) in [5, 5.41) is 2.94. The predicted molar refractivity (Wildman–Crippen MR) is 96.7 cm³/mol. The second-order valence-electron chi connectivity index (χ2n) is 5.88. The van der Waals surface area contributed by atoms with Crippen molar-refractivity contribution in [3.63, 3.8) is 0 Å². The zero-order chi connectivity index (χ0) is 18.2. The lowest BCUT2D eigenvalue weighted by Crippen LogP contribution is -2.32. The SMILES string of the molecule is CCC(=O)c1ccc(OCC(=O)NC(CC)c2cc(C)ccn2)cc1. The molecular weight excluding hydrogens is 316 g/mol. The number of Topliss-reactive ketones (excluding diaryl/α,β-unsaturated/α-hetero) is 1. The number of rotatable bonds is 8. The van der Waals surface area contributed by atoms with Crippen LogP contribution in [0.3, 0.4) is 0 Å². The molecule has 1 aromatic heterocycles. The first-order valence-electron chi connectivity index (χ1n) is 8.51. The average molecular weight is 340 g/mol. The third-order valence-electron chi connectivity index (χ3n) is 3.90. The van der Waals surface area contributed by atoms with Gasteiger partial charge < -0.3 is 10.1 Å². The number of pyridine rings is 1. The molecule has 0 aliphatic rings. The van der Waals surface area contributed by atoms with Gasteiger partial charge in [0.05, 0.1) is 11.7 Å². The van der Waals surface area contributed by atoms with Crippen LogP contribution in [0.2, 0.25) is 0 Å². The molecule has 2 rings (SSSR count). The summed E-state index contributed by atoms with van der Waals surface area (Å²) in [5.41, 5.74) is 2.60. The van der Waals surface area contributed by atoms with E-state index in [1.807, 2.05) is 32.9 Å². The van der Waals surface area contributed by atoms with Crippen molar-refractivity contribution in [2.75, 3.05) is 6.61 Å². The van der Waals surface area contributed by atoms with Crippen molar-refractivity contribution in [2.24, 2.45) is 0 Å². The van der Waals surface area contributed by atoms with Crippen LogP contribution < -0.4 is 10.1 Å². The molecular formula is C20H24N2O3. The van der Waals surface area contributed by atoms with E-state index in [1.54, 1.807) is 30.5 Å². The molecule has 25 heavy (non-hydrogen) atoms. The van der Waals surface area contributed by atoms with Gasteiger partial charge in [-0.2, -0.15) is 0 Å². The zero-order valence-electron chi connectivity index (χ0n) is 14.9. The fourth-order valence-corrected chi connectivity index (χ4v) is 2.46. The number of hydrogen-bond donors (Lipinski definition) is 1. The molecule has 0 saturated carbocycles. The Bertz CT molecular complexity index is 726. The monoisotopic (exact) mass is 340 g/mol. The zero-order valence-corrected chi connectivity index (χ0v) is 14.9. The third kappa shape index (κ3) is 5.41. The second-order valence-corrected chi connectivity index (χ2v) is 5.88. The van der Waals surface area contributed by atoms with Crippen molar-refractivity contribution < 1.29 is 14.3 Å². The number of ether oxygens (including phenoxy) is 1. The summed E-state index contributed by atoms with van der Waals surface area (Å²) in [6.45, 7) is 5.74. The molecule has 5 heteroatoms. The number of aromatic nitrogens is 1.